The molecule has 0 N–H and O–H groups in total. The monoisotopic (exact) mass is 544 g/mol. The van der Waals surface area contributed by atoms with Gasteiger partial charge in [0, 0.05) is 19.4 Å². The van der Waals surface area contributed by atoms with Gasteiger partial charge in [-0.25, -0.2) is 0 Å². The molecule has 5 aliphatic rings. The number of nitrogens with zero attached hydrogens (tertiary/aromatic N) is 1. The minimum atomic E-state index is -0.268. The SMILES string of the molecule is CCCCCC1CC1CC1CC1CC1CC1CCCCCC1(CCCCCC2CC2)OCC(CCN(C)C)O1. The molecule has 1 aliphatic heterocycles. The van der Waals surface area contributed by atoms with E-state index in [1.165, 1.54) is 89.9 Å². The third-order valence-corrected chi connectivity index (χ3v) is 11.4. The molecule has 3 heteroatoms. The molecule has 1 heterocycles. The van der Waals surface area contributed by atoms with E-state index in [1.54, 1.807) is 32.1 Å². The zero-order valence-electron chi connectivity index (χ0n) is 26.4. The van der Waals surface area contributed by atoms with Gasteiger partial charge in [0.25, 0.3) is 0 Å². The van der Waals surface area contributed by atoms with Crippen LogP contribution < -0.4 is 0 Å². The topological polar surface area (TPSA) is 21.7 Å². The molecular weight excluding hydrogens is 478 g/mol. The average Bonchev–Trinajstić information content (AvgIpc) is 3.73. The van der Waals surface area contributed by atoms with Crippen molar-refractivity contribution in [2.45, 2.75) is 160 Å². The molecule has 8 atom stereocenters. The van der Waals surface area contributed by atoms with Crippen molar-refractivity contribution in [3.63, 3.8) is 0 Å². The lowest BCUT2D eigenvalue weighted by molar-refractivity contribution is -0.180. The van der Waals surface area contributed by atoms with Crippen molar-refractivity contribution in [3.8, 4) is 0 Å². The summed E-state index contributed by atoms with van der Waals surface area (Å²) in [6.07, 6.45) is 31.5. The molecule has 1 saturated heterocycles. The number of unbranched alkanes of at least 4 members (excludes halogenated alkanes) is 6. The van der Waals surface area contributed by atoms with Crippen LogP contribution in [0.2, 0.25) is 0 Å². The Hall–Kier alpha value is -0.120. The second kappa shape index (κ2) is 14.9. The average molecular weight is 544 g/mol. The van der Waals surface area contributed by atoms with Crippen LogP contribution in [-0.4, -0.2) is 44.0 Å². The summed E-state index contributed by atoms with van der Waals surface area (Å²) in [5, 5.41) is 0. The maximum Gasteiger partial charge on any atom is 0.168 e. The van der Waals surface area contributed by atoms with Gasteiger partial charge in [0.15, 0.2) is 5.79 Å². The van der Waals surface area contributed by atoms with E-state index < -0.39 is 0 Å². The molecule has 5 rings (SSSR count). The van der Waals surface area contributed by atoms with E-state index in [-0.39, 0.29) is 5.79 Å². The Kier molecular flexibility index (Phi) is 11.6. The molecule has 39 heavy (non-hydrogen) atoms. The van der Waals surface area contributed by atoms with Crippen molar-refractivity contribution >= 4 is 0 Å². The molecule has 3 nitrogen and oxygen atoms in total. The molecule has 0 spiro atoms. The van der Waals surface area contributed by atoms with Crippen LogP contribution in [0.15, 0.2) is 0 Å². The molecule has 4 aliphatic carbocycles. The standard InChI is InChI=1S/C36H65NO2/c1-4-5-8-14-29-22-31(29)24-33-26-34(33)25-32-23-30(32)15-10-7-12-20-36(19-11-6-9-13-28-16-17-28)38-27-35(39-36)18-21-37(2)3/h28-35H,4-27H2,1-3H3. The van der Waals surface area contributed by atoms with Crippen LogP contribution in [0.5, 0.6) is 0 Å². The Morgan fingerprint density at radius 2 is 1.21 bits per heavy atom. The maximum atomic E-state index is 6.67. The van der Waals surface area contributed by atoms with Gasteiger partial charge in [-0.2, -0.15) is 0 Å². The summed E-state index contributed by atoms with van der Waals surface area (Å²) in [6.45, 7) is 4.24. The predicted octanol–water partition coefficient (Wildman–Crippen LogP) is 9.63. The highest BCUT2D eigenvalue weighted by Gasteiger charge is 2.48. The fraction of sp³-hybridized carbons (Fsp3) is 1.00. The normalized spacial score (nSPS) is 37.1. The van der Waals surface area contributed by atoms with Gasteiger partial charge in [-0.1, -0.05) is 84.0 Å². The molecule has 0 radical (unpaired) electrons. The smallest absolute Gasteiger partial charge is 0.168 e. The van der Waals surface area contributed by atoms with E-state index in [1.807, 2.05) is 0 Å². The molecule has 0 bridgehead atoms. The first-order valence-electron chi connectivity index (χ1n) is 18.0. The third-order valence-electron chi connectivity index (χ3n) is 11.4. The first-order chi connectivity index (χ1) is 19.0. The first kappa shape index (κ1) is 30.3. The molecule has 5 fully saturated rings. The highest BCUT2D eigenvalue weighted by Crippen LogP contribution is 2.58. The summed E-state index contributed by atoms with van der Waals surface area (Å²) in [6, 6.07) is 0. The number of rotatable bonds is 23. The summed E-state index contributed by atoms with van der Waals surface area (Å²) >= 11 is 0. The third kappa shape index (κ3) is 10.6. The van der Waals surface area contributed by atoms with E-state index in [0.29, 0.717) is 6.10 Å². The van der Waals surface area contributed by atoms with E-state index in [9.17, 15) is 0 Å². The zero-order chi connectivity index (χ0) is 27.1. The summed E-state index contributed by atoms with van der Waals surface area (Å²) in [5.74, 6) is 7.49. The molecular formula is C36H65NO2. The van der Waals surface area contributed by atoms with Gasteiger partial charge < -0.3 is 14.4 Å². The van der Waals surface area contributed by atoms with Gasteiger partial charge in [-0.05, 0) is 107 Å². The molecule has 0 aromatic rings. The van der Waals surface area contributed by atoms with Crippen LogP contribution in [0.3, 0.4) is 0 Å². The van der Waals surface area contributed by atoms with E-state index >= 15 is 0 Å². The van der Waals surface area contributed by atoms with Gasteiger partial charge in [0.2, 0.25) is 0 Å². The second-order valence-corrected chi connectivity index (χ2v) is 15.4. The number of hydrogen-bond acceptors (Lipinski definition) is 3. The first-order valence-corrected chi connectivity index (χ1v) is 18.0. The minimum Gasteiger partial charge on any atom is -0.347 e. The van der Waals surface area contributed by atoms with E-state index in [2.05, 4.69) is 25.9 Å². The minimum absolute atomic E-state index is 0.268. The zero-order valence-corrected chi connectivity index (χ0v) is 26.4. The van der Waals surface area contributed by atoms with Crippen LogP contribution in [0, 0.1) is 41.4 Å². The van der Waals surface area contributed by atoms with Crippen LogP contribution in [0.4, 0.5) is 0 Å². The summed E-state index contributed by atoms with van der Waals surface area (Å²) in [4.78, 5) is 2.27. The van der Waals surface area contributed by atoms with Gasteiger partial charge >= 0.3 is 0 Å². The van der Waals surface area contributed by atoms with Gasteiger partial charge in [0.1, 0.15) is 0 Å². The Morgan fingerprint density at radius 3 is 1.79 bits per heavy atom. The molecule has 226 valence electrons. The molecule has 0 amide bonds. The highest BCUT2D eigenvalue weighted by molar-refractivity contribution is 4.98. The fourth-order valence-corrected chi connectivity index (χ4v) is 8.16. The second-order valence-electron chi connectivity index (χ2n) is 15.4. The van der Waals surface area contributed by atoms with Crippen LogP contribution in [0.1, 0.15) is 148 Å². The number of hydrogen-bond donors (Lipinski definition) is 0. The molecule has 0 aromatic heterocycles. The quantitative estimate of drug-likeness (QED) is 0.120. The Bertz CT molecular complexity index is 706. The Labute approximate surface area is 242 Å². The lowest BCUT2D eigenvalue weighted by atomic mass is 9.98. The van der Waals surface area contributed by atoms with Gasteiger partial charge in [0.05, 0.1) is 12.7 Å². The van der Waals surface area contributed by atoms with Crippen molar-refractivity contribution < 1.29 is 9.47 Å². The van der Waals surface area contributed by atoms with E-state index in [0.717, 1.165) is 73.8 Å². The van der Waals surface area contributed by atoms with Crippen molar-refractivity contribution in [1.82, 2.24) is 4.90 Å². The Balaban J connectivity index is 0.908. The maximum absolute atomic E-state index is 6.67. The van der Waals surface area contributed by atoms with Crippen LogP contribution in [0.25, 0.3) is 0 Å². The summed E-state index contributed by atoms with van der Waals surface area (Å²) in [7, 11) is 4.32. The van der Waals surface area contributed by atoms with Gasteiger partial charge in [-0.3, -0.25) is 0 Å². The predicted molar refractivity (Wildman–Crippen MR) is 164 cm³/mol. The van der Waals surface area contributed by atoms with Crippen molar-refractivity contribution in [3.05, 3.63) is 0 Å². The number of ether oxygens (including phenoxy) is 2. The summed E-state index contributed by atoms with van der Waals surface area (Å²) in [5.41, 5.74) is 0. The largest absolute Gasteiger partial charge is 0.347 e. The lowest BCUT2D eigenvalue weighted by Crippen LogP contribution is -2.31. The Morgan fingerprint density at radius 1 is 0.641 bits per heavy atom. The van der Waals surface area contributed by atoms with Gasteiger partial charge in [-0.15, -0.1) is 0 Å². The van der Waals surface area contributed by atoms with Crippen LogP contribution in [-0.2, 0) is 9.47 Å². The van der Waals surface area contributed by atoms with Crippen LogP contribution >= 0.6 is 0 Å². The molecule has 4 saturated carbocycles. The van der Waals surface area contributed by atoms with Crippen molar-refractivity contribution in [2.75, 3.05) is 27.2 Å². The van der Waals surface area contributed by atoms with E-state index in [4.69, 9.17) is 9.47 Å². The lowest BCUT2D eigenvalue weighted by Gasteiger charge is -2.29. The van der Waals surface area contributed by atoms with Crippen molar-refractivity contribution in [2.24, 2.45) is 41.4 Å². The molecule has 0 aromatic carbocycles. The highest BCUT2D eigenvalue weighted by atomic mass is 16.7. The fourth-order valence-electron chi connectivity index (χ4n) is 8.16. The molecule has 8 unspecified atom stereocenters. The summed E-state index contributed by atoms with van der Waals surface area (Å²) < 4.78 is 13.1. The van der Waals surface area contributed by atoms with Crippen molar-refractivity contribution in [1.29, 1.82) is 0 Å².